The summed E-state index contributed by atoms with van der Waals surface area (Å²) in [7, 11) is 1.29. The van der Waals surface area contributed by atoms with Gasteiger partial charge in [0, 0.05) is 11.3 Å². The lowest BCUT2D eigenvalue weighted by molar-refractivity contribution is 0.00578. The Hall–Kier alpha value is -0.905. The highest BCUT2D eigenvalue weighted by Gasteiger charge is 2.52. The Morgan fingerprint density at radius 1 is 1.19 bits per heavy atom. The van der Waals surface area contributed by atoms with E-state index in [1.807, 2.05) is 58.0 Å². The maximum Gasteiger partial charge on any atom is 0.491 e. The fraction of sp³-hybridized carbons (Fsp3) is 0.500. The summed E-state index contributed by atoms with van der Waals surface area (Å²) in [5, 5.41) is 0. The Balaban J connectivity index is 2.31. The van der Waals surface area contributed by atoms with Gasteiger partial charge in [-0.05, 0) is 39.2 Å². The van der Waals surface area contributed by atoms with Crippen molar-refractivity contribution in [2.75, 3.05) is 12.9 Å². The monoisotopic (exact) mass is 306 g/mol. The maximum absolute atomic E-state index is 6.08. The molecule has 0 aromatic heterocycles. The zero-order valence-electron chi connectivity index (χ0n) is 13.3. The van der Waals surface area contributed by atoms with Crippen LogP contribution in [0, 0.1) is 0 Å². The number of methoxy groups -OCH3 is 1. The molecule has 0 N–H and O–H groups in total. The van der Waals surface area contributed by atoms with E-state index < -0.39 is 0 Å². The Bertz CT molecular complexity index is 524. The van der Waals surface area contributed by atoms with Crippen molar-refractivity contribution < 1.29 is 14.0 Å². The molecule has 5 heteroatoms. The number of ether oxygens (including phenoxy) is 1. The highest BCUT2D eigenvalue weighted by Crippen LogP contribution is 2.39. The van der Waals surface area contributed by atoms with E-state index in [2.05, 4.69) is 12.6 Å². The molecule has 1 aromatic rings. The van der Waals surface area contributed by atoms with Crippen LogP contribution in [0.5, 0.6) is 5.75 Å². The standard InChI is InChI=1S/C16H23BO3S/c1-15(2)16(3,4)20-17(19-15)13(11-21)10-12-8-6-7-9-14(12)18-5/h6-10,21H,11H2,1-5H3. The minimum absolute atomic E-state index is 0.347. The smallest absolute Gasteiger partial charge is 0.491 e. The molecule has 1 aromatic carbocycles. The number of para-hydroxylation sites is 1. The van der Waals surface area contributed by atoms with Crippen LogP contribution in [0.25, 0.3) is 6.08 Å². The van der Waals surface area contributed by atoms with Crippen LogP contribution in [0.4, 0.5) is 0 Å². The van der Waals surface area contributed by atoms with Crippen molar-refractivity contribution in [2.45, 2.75) is 38.9 Å². The number of benzene rings is 1. The van der Waals surface area contributed by atoms with E-state index in [4.69, 9.17) is 14.0 Å². The van der Waals surface area contributed by atoms with Gasteiger partial charge >= 0.3 is 7.12 Å². The van der Waals surface area contributed by atoms with E-state index in [0.717, 1.165) is 16.8 Å². The SMILES string of the molecule is COc1ccccc1C=C(CS)B1OC(C)(C)C(C)(C)O1. The molecule has 0 spiro atoms. The van der Waals surface area contributed by atoms with Gasteiger partial charge in [0.05, 0.1) is 18.3 Å². The lowest BCUT2D eigenvalue weighted by Crippen LogP contribution is -2.41. The first-order valence-corrected chi connectivity index (χ1v) is 7.74. The van der Waals surface area contributed by atoms with Crippen LogP contribution in [0.1, 0.15) is 33.3 Å². The molecule has 3 nitrogen and oxygen atoms in total. The predicted molar refractivity (Wildman–Crippen MR) is 90.9 cm³/mol. The summed E-state index contributed by atoms with van der Waals surface area (Å²) in [6.45, 7) is 8.19. The zero-order chi connectivity index (χ0) is 15.7. The van der Waals surface area contributed by atoms with Crippen LogP contribution < -0.4 is 4.74 Å². The van der Waals surface area contributed by atoms with Gasteiger partial charge < -0.3 is 14.0 Å². The number of hydrogen-bond donors (Lipinski definition) is 1. The largest absolute Gasteiger partial charge is 0.496 e. The molecule has 0 amide bonds. The minimum Gasteiger partial charge on any atom is -0.496 e. The summed E-state index contributed by atoms with van der Waals surface area (Å²) in [6, 6.07) is 7.87. The molecule has 1 aliphatic heterocycles. The van der Waals surface area contributed by atoms with Crippen LogP contribution in [-0.4, -0.2) is 31.2 Å². The van der Waals surface area contributed by atoms with Crippen molar-refractivity contribution in [3.8, 4) is 5.75 Å². The second kappa shape index (κ2) is 6.07. The van der Waals surface area contributed by atoms with Gasteiger partial charge in [-0.3, -0.25) is 0 Å². The lowest BCUT2D eigenvalue weighted by atomic mass is 9.78. The molecule has 21 heavy (non-hydrogen) atoms. The van der Waals surface area contributed by atoms with Crippen molar-refractivity contribution >= 4 is 25.8 Å². The normalized spacial score (nSPS) is 20.7. The highest BCUT2D eigenvalue weighted by atomic mass is 32.1. The first-order chi connectivity index (χ1) is 9.80. The van der Waals surface area contributed by atoms with Crippen LogP contribution in [0.3, 0.4) is 0 Å². The van der Waals surface area contributed by atoms with E-state index in [1.54, 1.807) is 7.11 Å². The van der Waals surface area contributed by atoms with Crippen LogP contribution in [-0.2, 0) is 9.31 Å². The summed E-state index contributed by atoms with van der Waals surface area (Å²) < 4.78 is 17.5. The average Bonchev–Trinajstić information content (AvgIpc) is 2.65. The summed E-state index contributed by atoms with van der Waals surface area (Å²) >= 11 is 4.43. The van der Waals surface area contributed by atoms with Gasteiger partial charge in [0.1, 0.15) is 5.75 Å². The van der Waals surface area contributed by atoms with Gasteiger partial charge in [-0.2, -0.15) is 12.6 Å². The van der Waals surface area contributed by atoms with E-state index in [-0.39, 0.29) is 18.3 Å². The summed E-state index contributed by atoms with van der Waals surface area (Å²) in [6.07, 6.45) is 2.04. The summed E-state index contributed by atoms with van der Waals surface area (Å²) in [5.74, 6) is 1.39. The number of thiol groups is 1. The van der Waals surface area contributed by atoms with Crippen molar-refractivity contribution in [2.24, 2.45) is 0 Å². The molecular formula is C16H23BO3S. The highest BCUT2D eigenvalue weighted by molar-refractivity contribution is 7.80. The van der Waals surface area contributed by atoms with E-state index in [0.29, 0.717) is 5.75 Å². The molecule has 1 saturated heterocycles. The third-order valence-corrected chi connectivity index (χ3v) is 4.58. The molecule has 0 radical (unpaired) electrons. The average molecular weight is 306 g/mol. The Kier molecular flexibility index (Phi) is 4.76. The van der Waals surface area contributed by atoms with Crippen molar-refractivity contribution in [3.05, 3.63) is 35.3 Å². The van der Waals surface area contributed by atoms with Gasteiger partial charge in [0.2, 0.25) is 0 Å². The second-order valence-corrected chi connectivity index (χ2v) is 6.52. The topological polar surface area (TPSA) is 27.7 Å². The molecule has 2 rings (SSSR count). The van der Waals surface area contributed by atoms with E-state index >= 15 is 0 Å². The molecular weight excluding hydrogens is 283 g/mol. The quantitative estimate of drug-likeness (QED) is 0.680. The van der Waals surface area contributed by atoms with Crippen LogP contribution in [0.2, 0.25) is 0 Å². The summed E-state index contributed by atoms with van der Waals surface area (Å²) in [5.41, 5.74) is 1.29. The Morgan fingerprint density at radius 3 is 2.29 bits per heavy atom. The molecule has 114 valence electrons. The number of hydrogen-bond acceptors (Lipinski definition) is 4. The summed E-state index contributed by atoms with van der Waals surface area (Å²) in [4.78, 5) is 0. The maximum atomic E-state index is 6.08. The number of rotatable bonds is 4. The van der Waals surface area contributed by atoms with Crippen LogP contribution >= 0.6 is 12.6 Å². The lowest BCUT2D eigenvalue weighted by Gasteiger charge is -2.32. The van der Waals surface area contributed by atoms with Gasteiger partial charge in [-0.1, -0.05) is 24.3 Å². The molecule has 0 unspecified atom stereocenters. The molecule has 0 aliphatic carbocycles. The van der Waals surface area contributed by atoms with Crippen molar-refractivity contribution in [3.63, 3.8) is 0 Å². The van der Waals surface area contributed by atoms with Crippen molar-refractivity contribution in [1.29, 1.82) is 0 Å². The van der Waals surface area contributed by atoms with Gasteiger partial charge in [-0.25, -0.2) is 0 Å². The van der Waals surface area contributed by atoms with Gasteiger partial charge in [0.15, 0.2) is 0 Å². The second-order valence-electron chi connectivity index (χ2n) is 6.21. The van der Waals surface area contributed by atoms with E-state index in [1.165, 1.54) is 0 Å². The molecule has 1 heterocycles. The first-order valence-electron chi connectivity index (χ1n) is 7.11. The predicted octanol–water partition coefficient (Wildman–Crippen LogP) is 3.64. The van der Waals surface area contributed by atoms with Gasteiger partial charge in [0.25, 0.3) is 0 Å². The fourth-order valence-electron chi connectivity index (χ4n) is 2.17. The molecule has 0 atom stereocenters. The molecule has 1 aliphatic rings. The first kappa shape index (κ1) is 16.5. The molecule has 1 fully saturated rings. The van der Waals surface area contributed by atoms with Crippen molar-refractivity contribution in [1.82, 2.24) is 0 Å². The minimum atomic E-state index is -0.377. The Labute approximate surface area is 133 Å². The molecule has 0 bridgehead atoms. The third kappa shape index (κ3) is 3.30. The van der Waals surface area contributed by atoms with Crippen LogP contribution in [0.15, 0.2) is 29.7 Å². The molecule has 0 saturated carbocycles. The van der Waals surface area contributed by atoms with E-state index in [9.17, 15) is 0 Å². The fourth-order valence-corrected chi connectivity index (χ4v) is 2.41. The zero-order valence-corrected chi connectivity index (χ0v) is 14.2. The van der Waals surface area contributed by atoms with Gasteiger partial charge in [-0.15, -0.1) is 0 Å². The third-order valence-electron chi connectivity index (χ3n) is 4.22. The Morgan fingerprint density at radius 2 is 1.76 bits per heavy atom.